The average molecular weight is 405 g/mol. The molecule has 1 fully saturated rings. The summed E-state index contributed by atoms with van der Waals surface area (Å²) in [6, 6.07) is 19.3. The quantitative estimate of drug-likeness (QED) is 0.663. The van der Waals surface area contributed by atoms with Gasteiger partial charge in [0.05, 0.1) is 18.8 Å². The lowest BCUT2D eigenvalue weighted by Gasteiger charge is -2.28. The van der Waals surface area contributed by atoms with E-state index >= 15 is 0 Å². The van der Waals surface area contributed by atoms with Crippen molar-refractivity contribution in [2.75, 3.05) is 50.8 Å². The largest absolute Gasteiger partial charge is 0.379 e. The highest BCUT2D eigenvalue weighted by Crippen LogP contribution is 2.34. The Morgan fingerprint density at radius 3 is 2.13 bits per heavy atom. The van der Waals surface area contributed by atoms with Gasteiger partial charge >= 0.3 is 0 Å². The number of anilines is 1. The van der Waals surface area contributed by atoms with Gasteiger partial charge in [-0.1, -0.05) is 48.5 Å². The topological polar surface area (TPSA) is 53.1 Å². The van der Waals surface area contributed by atoms with E-state index in [4.69, 9.17) is 4.74 Å². The number of amides is 2. The van der Waals surface area contributed by atoms with Gasteiger partial charge in [-0.2, -0.15) is 0 Å². The molecule has 2 aromatic rings. The molecular weight excluding hydrogens is 378 g/mol. The van der Waals surface area contributed by atoms with Crippen molar-refractivity contribution in [3.63, 3.8) is 0 Å². The lowest BCUT2D eigenvalue weighted by molar-refractivity contribution is -0.137. The van der Waals surface area contributed by atoms with Crippen LogP contribution in [0.1, 0.15) is 12.5 Å². The summed E-state index contributed by atoms with van der Waals surface area (Å²) in [5, 5.41) is 0. The maximum Gasteiger partial charge on any atom is 0.278 e. The van der Waals surface area contributed by atoms with Crippen LogP contribution in [-0.4, -0.2) is 67.6 Å². The monoisotopic (exact) mass is 405 g/mol. The predicted molar refractivity (Wildman–Crippen MR) is 117 cm³/mol. The molecule has 30 heavy (non-hydrogen) atoms. The van der Waals surface area contributed by atoms with Crippen LogP contribution in [0.25, 0.3) is 5.57 Å². The number of rotatable bonds is 7. The smallest absolute Gasteiger partial charge is 0.278 e. The Hall–Kier alpha value is -2.96. The molecule has 2 amide bonds. The van der Waals surface area contributed by atoms with Crippen molar-refractivity contribution in [1.82, 2.24) is 9.80 Å². The van der Waals surface area contributed by atoms with Gasteiger partial charge in [0.2, 0.25) is 0 Å². The van der Waals surface area contributed by atoms with Crippen molar-refractivity contribution in [3.8, 4) is 0 Å². The summed E-state index contributed by atoms with van der Waals surface area (Å²) >= 11 is 0. The second-order valence-electron chi connectivity index (χ2n) is 7.39. The molecule has 2 aromatic carbocycles. The van der Waals surface area contributed by atoms with Gasteiger partial charge in [-0.05, 0) is 24.6 Å². The number of hydrogen-bond acceptors (Lipinski definition) is 5. The number of nitrogens with zero attached hydrogens (tertiary/aromatic N) is 3. The fourth-order valence-electron chi connectivity index (χ4n) is 4.03. The fraction of sp³-hybridized carbons (Fsp3) is 0.333. The molecule has 1 saturated heterocycles. The van der Waals surface area contributed by atoms with Crippen LogP contribution in [0.3, 0.4) is 0 Å². The van der Waals surface area contributed by atoms with Crippen molar-refractivity contribution in [2.24, 2.45) is 0 Å². The Morgan fingerprint density at radius 2 is 1.50 bits per heavy atom. The molecule has 0 N–H and O–H groups in total. The highest BCUT2D eigenvalue weighted by molar-refractivity contribution is 6.36. The molecule has 0 radical (unpaired) electrons. The molecule has 2 aliphatic heterocycles. The number of para-hydroxylation sites is 1. The van der Waals surface area contributed by atoms with Gasteiger partial charge in [0.15, 0.2) is 0 Å². The van der Waals surface area contributed by atoms with Gasteiger partial charge in [-0.25, -0.2) is 0 Å². The Labute approximate surface area is 177 Å². The first-order valence-corrected chi connectivity index (χ1v) is 10.5. The summed E-state index contributed by atoms with van der Waals surface area (Å²) in [6.07, 6.45) is 0. The standard InChI is InChI=1S/C24H27N3O3/c1-2-26(20-11-7-4-8-12-20)22-21(19-9-5-3-6-10-19)23(28)27(24(22)29)14-13-25-15-17-30-18-16-25/h3-12H,2,13-18H2,1H3. The Morgan fingerprint density at radius 1 is 0.867 bits per heavy atom. The summed E-state index contributed by atoms with van der Waals surface area (Å²) < 4.78 is 5.40. The van der Waals surface area contributed by atoms with Crippen LogP contribution in [0.15, 0.2) is 66.4 Å². The zero-order valence-electron chi connectivity index (χ0n) is 17.3. The lowest BCUT2D eigenvalue weighted by atomic mass is 10.0. The maximum absolute atomic E-state index is 13.5. The molecule has 0 spiro atoms. The third kappa shape index (κ3) is 4.01. The highest BCUT2D eigenvalue weighted by atomic mass is 16.5. The van der Waals surface area contributed by atoms with Crippen molar-refractivity contribution in [2.45, 2.75) is 6.92 Å². The molecule has 0 bridgehead atoms. The van der Waals surface area contributed by atoms with Crippen LogP contribution in [0, 0.1) is 0 Å². The van der Waals surface area contributed by atoms with E-state index in [1.165, 1.54) is 4.90 Å². The second kappa shape index (κ2) is 9.24. The van der Waals surface area contributed by atoms with Gasteiger partial charge < -0.3 is 9.64 Å². The van der Waals surface area contributed by atoms with Crippen LogP contribution < -0.4 is 4.90 Å². The Balaban J connectivity index is 1.68. The fourth-order valence-corrected chi connectivity index (χ4v) is 4.03. The van der Waals surface area contributed by atoms with Crippen molar-refractivity contribution in [1.29, 1.82) is 0 Å². The van der Waals surface area contributed by atoms with Crippen molar-refractivity contribution in [3.05, 3.63) is 71.9 Å². The maximum atomic E-state index is 13.5. The summed E-state index contributed by atoms with van der Waals surface area (Å²) in [5.41, 5.74) is 2.61. The first-order valence-electron chi connectivity index (χ1n) is 10.5. The number of benzene rings is 2. The van der Waals surface area contributed by atoms with Crippen LogP contribution in [-0.2, 0) is 14.3 Å². The van der Waals surface area contributed by atoms with E-state index in [9.17, 15) is 9.59 Å². The first kappa shape index (κ1) is 20.3. The number of ether oxygens (including phenoxy) is 1. The summed E-state index contributed by atoms with van der Waals surface area (Å²) in [7, 11) is 0. The molecule has 2 heterocycles. The molecule has 0 aromatic heterocycles. The minimum absolute atomic E-state index is 0.219. The minimum Gasteiger partial charge on any atom is -0.379 e. The van der Waals surface area contributed by atoms with E-state index < -0.39 is 0 Å². The number of imide groups is 1. The van der Waals surface area contributed by atoms with E-state index in [1.54, 1.807) is 0 Å². The van der Waals surface area contributed by atoms with Gasteiger partial charge in [0.25, 0.3) is 11.8 Å². The molecule has 2 aliphatic rings. The number of morpholine rings is 1. The highest BCUT2D eigenvalue weighted by Gasteiger charge is 2.41. The molecule has 0 saturated carbocycles. The third-order valence-electron chi connectivity index (χ3n) is 5.60. The average Bonchev–Trinajstić information content (AvgIpc) is 3.04. The molecule has 6 nitrogen and oxygen atoms in total. The molecular formula is C24H27N3O3. The van der Waals surface area contributed by atoms with Crippen LogP contribution in [0.4, 0.5) is 5.69 Å². The number of carbonyl (C=O) groups is 2. The van der Waals surface area contributed by atoms with Crippen LogP contribution in [0.2, 0.25) is 0 Å². The molecule has 0 unspecified atom stereocenters. The van der Waals surface area contributed by atoms with E-state index in [0.717, 1.165) is 24.3 Å². The Kier molecular flexibility index (Phi) is 6.26. The van der Waals surface area contributed by atoms with E-state index in [2.05, 4.69) is 4.90 Å². The van der Waals surface area contributed by atoms with E-state index in [1.807, 2.05) is 72.5 Å². The molecule has 0 atom stereocenters. The van der Waals surface area contributed by atoms with Gasteiger partial charge in [-0.15, -0.1) is 0 Å². The zero-order chi connectivity index (χ0) is 20.9. The lowest BCUT2D eigenvalue weighted by Crippen LogP contribution is -2.44. The van der Waals surface area contributed by atoms with E-state index in [0.29, 0.717) is 44.1 Å². The molecule has 0 aliphatic carbocycles. The number of carbonyl (C=O) groups excluding carboxylic acids is 2. The summed E-state index contributed by atoms with van der Waals surface area (Å²) in [5.74, 6) is -0.443. The minimum atomic E-state index is -0.224. The second-order valence-corrected chi connectivity index (χ2v) is 7.39. The van der Waals surface area contributed by atoms with E-state index in [-0.39, 0.29) is 11.8 Å². The van der Waals surface area contributed by atoms with Gasteiger partial charge in [0, 0.05) is 38.4 Å². The van der Waals surface area contributed by atoms with Crippen molar-refractivity contribution < 1.29 is 14.3 Å². The first-order chi connectivity index (χ1) is 14.7. The third-order valence-corrected chi connectivity index (χ3v) is 5.60. The normalized spacial score (nSPS) is 17.7. The molecule has 156 valence electrons. The SMILES string of the molecule is CCN(C1=C(c2ccccc2)C(=O)N(CCN2CCOCC2)C1=O)c1ccccc1. The zero-order valence-corrected chi connectivity index (χ0v) is 17.3. The summed E-state index contributed by atoms with van der Waals surface area (Å²) in [4.78, 5) is 32.5. The van der Waals surface area contributed by atoms with Crippen LogP contribution in [0.5, 0.6) is 0 Å². The summed E-state index contributed by atoms with van der Waals surface area (Å²) in [6.45, 7) is 6.66. The number of hydrogen-bond donors (Lipinski definition) is 0. The Bertz CT molecular complexity index is 921. The molecule has 4 rings (SSSR count). The number of likely N-dealkylation sites (N-methyl/N-ethyl adjacent to an activating group) is 1. The van der Waals surface area contributed by atoms with Gasteiger partial charge in [-0.3, -0.25) is 19.4 Å². The predicted octanol–water partition coefficient (Wildman–Crippen LogP) is 2.63. The van der Waals surface area contributed by atoms with Crippen molar-refractivity contribution >= 4 is 23.1 Å². The van der Waals surface area contributed by atoms with Crippen LogP contribution >= 0.6 is 0 Å². The van der Waals surface area contributed by atoms with Gasteiger partial charge in [0.1, 0.15) is 5.70 Å². The molecule has 6 heteroatoms.